The van der Waals surface area contributed by atoms with E-state index in [1.54, 1.807) is 36.9 Å². The van der Waals surface area contributed by atoms with Gasteiger partial charge in [0.15, 0.2) is 0 Å². The molecule has 0 bridgehead atoms. The number of amides is 3. The van der Waals surface area contributed by atoms with Crippen LogP contribution in [-0.2, 0) is 22.8 Å². The lowest BCUT2D eigenvalue weighted by Crippen LogP contribution is -2.48. The van der Waals surface area contributed by atoms with Crippen LogP contribution in [0.1, 0.15) is 66.8 Å². The van der Waals surface area contributed by atoms with E-state index < -0.39 is 29.7 Å². The minimum atomic E-state index is -4.68. The Hall–Kier alpha value is -5.91. The summed E-state index contributed by atoms with van der Waals surface area (Å²) in [7, 11) is 4.76. The maximum absolute atomic E-state index is 13.6. The molecule has 0 radical (unpaired) electrons. The first-order valence-corrected chi connectivity index (χ1v) is 19.3. The van der Waals surface area contributed by atoms with Gasteiger partial charge in [0.2, 0.25) is 11.8 Å². The third-order valence-corrected chi connectivity index (χ3v) is 11.7. The van der Waals surface area contributed by atoms with Crippen LogP contribution in [0.15, 0.2) is 53.5 Å². The van der Waals surface area contributed by atoms with Crippen molar-refractivity contribution in [1.82, 2.24) is 34.1 Å². The van der Waals surface area contributed by atoms with E-state index in [4.69, 9.17) is 14.6 Å². The van der Waals surface area contributed by atoms with Crippen molar-refractivity contribution in [2.24, 2.45) is 13.0 Å². The number of benzene rings is 2. The van der Waals surface area contributed by atoms with Crippen LogP contribution < -0.4 is 30.7 Å². The molecule has 2 N–H and O–H groups in total. The quantitative estimate of drug-likeness (QED) is 0.197. The number of fused-ring (bicyclic) bond motifs is 2. The number of aryl methyl sites for hydroxylation is 1. The topological polar surface area (TPSA) is 158 Å². The number of imide groups is 1. The summed E-state index contributed by atoms with van der Waals surface area (Å²) in [4.78, 5) is 59.3. The number of pyridine rings is 1. The smallest absolute Gasteiger partial charge is 0.433 e. The number of methoxy groups -OCH3 is 2. The van der Waals surface area contributed by atoms with E-state index in [0.717, 1.165) is 81.6 Å². The number of ether oxygens (including phenoxy) is 2. The number of hydrogen-bond donors (Lipinski definition) is 2. The van der Waals surface area contributed by atoms with Gasteiger partial charge in [0.05, 0.1) is 42.5 Å². The zero-order valence-corrected chi connectivity index (χ0v) is 32.3. The molecule has 2 aromatic carbocycles. The lowest BCUT2D eigenvalue weighted by molar-refractivity contribution is -0.141. The largest absolute Gasteiger partial charge is 0.494 e. The van der Waals surface area contributed by atoms with Crippen LogP contribution in [0.25, 0.3) is 21.9 Å². The number of carbonyl (C=O) groups excluding carboxylic acids is 3. The van der Waals surface area contributed by atoms with Crippen LogP contribution in [0, 0.1) is 5.92 Å². The van der Waals surface area contributed by atoms with Gasteiger partial charge in [0.25, 0.3) is 5.91 Å². The first-order valence-electron chi connectivity index (χ1n) is 19.3. The summed E-state index contributed by atoms with van der Waals surface area (Å²) in [6.07, 6.45) is 1.62. The molecular formula is C40H44F3N9O6. The molecule has 15 nitrogen and oxygen atoms in total. The van der Waals surface area contributed by atoms with E-state index in [0.29, 0.717) is 39.7 Å². The number of anilines is 2. The van der Waals surface area contributed by atoms with Crippen LogP contribution in [0.4, 0.5) is 24.5 Å². The normalized spacial score (nSPS) is 20.7. The number of carbonyl (C=O) groups is 3. The molecule has 18 heteroatoms. The highest BCUT2D eigenvalue weighted by atomic mass is 19.4. The Balaban J connectivity index is 0.897. The van der Waals surface area contributed by atoms with Crippen molar-refractivity contribution >= 4 is 51.0 Å². The molecule has 1 unspecified atom stereocenters. The zero-order valence-electron chi connectivity index (χ0n) is 32.3. The summed E-state index contributed by atoms with van der Waals surface area (Å²) in [5, 5.41) is 10.6. The molecule has 1 atom stereocenters. The van der Waals surface area contributed by atoms with Crippen molar-refractivity contribution < 1.29 is 37.0 Å². The van der Waals surface area contributed by atoms with Crippen LogP contribution in [0.2, 0.25) is 0 Å². The fourth-order valence-electron chi connectivity index (χ4n) is 8.68. The van der Waals surface area contributed by atoms with E-state index in [1.165, 1.54) is 17.7 Å². The summed E-state index contributed by atoms with van der Waals surface area (Å²) < 4.78 is 55.9. The van der Waals surface area contributed by atoms with Crippen LogP contribution in [0.5, 0.6) is 11.5 Å². The Morgan fingerprint density at radius 3 is 2.38 bits per heavy atom. The first kappa shape index (κ1) is 38.9. The van der Waals surface area contributed by atoms with E-state index in [9.17, 15) is 32.3 Å². The van der Waals surface area contributed by atoms with Gasteiger partial charge >= 0.3 is 11.9 Å². The first-order chi connectivity index (χ1) is 27.8. The Morgan fingerprint density at radius 2 is 1.69 bits per heavy atom. The van der Waals surface area contributed by atoms with Crippen molar-refractivity contribution in [3.63, 3.8) is 0 Å². The average molecular weight is 804 g/mol. The second-order valence-corrected chi connectivity index (χ2v) is 15.2. The molecule has 3 aromatic heterocycles. The molecule has 0 spiro atoms. The molecule has 8 rings (SSSR count). The van der Waals surface area contributed by atoms with Gasteiger partial charge in [-0.2, -0.15) is 18.3 Å². The number of aromatic nitrogens is 5. The molecule has 2 saturated heterocycles. The number of rotatable bonds is 9. The van der Waals surface area contributed by atoms with E-state index in [2.05, 4.69) is 25.4 Å². The molecule has 1 aliphatic carbocycles. The van der Waals surface area contributed by atoms with Gasteiger partial charge in [-0.25, -0.2) is 9.78 Å². The summed E-state index contributed by atoms with van der Waals surface area (Å²) >= 11 is 0. The second-order valence-electron chi connectivity index (χ2n) is 15.2. The maximum atomic E-state index is 13.6. The fraction of sp³-hybridized carbons (Fsp3) is 0.450. The minimum Gasteiger partial charge on any atom is -0.494 e. The molecule has 5 heterocycles. The molecular weight excluding hydrogens is 759 g/mol. The summed E-state index contributed by atoms with van der Waals surface area (Å²) in [5.74, 6) is -0.110. The van der Waals surface area contributed by atoms with Gasteiger partial charge in [-0.15, -0.1) is 0 Å². The average Bonchev–Trinajstić information content (AvgIpc) is 3.74. The van der Waals surface area contributed by atoms with Gasteiger partial charge in [-0.1, -0.05) is 6.07 Å². The predicted molar refractivity (Wildman–Crippen MR) is 208 cm³/mol. The predicted octanol–water partition coefficient (Wildman–Crippen LogP) is 4.90. The molecule has 306 valence electrons. The van der Waals surface area contributed by atoms with Crippen LogP contribution in [-0.4, -0.2) is 93.5 Å². The van der Waals surface area contributed by atoms with Gasteiger partial charge < -0.3 is 19.7 Å². The number of imidazole rings is 1. The molecule has 58 heavy (non-hydrogen) atoms. The van der Waals surface area contributed by atoms with E-state index in [-0.39, 0.29) is 36.2 Å². The number of piperazine rings is 1. The lowest BCUT2D eigenvalue weighted by Gasteiger charge is -2.39. The Morgan fingerprint density at radius 1 is 0.948 bits per heavy atom. The third-order valence-electron chi connectivity index (χ3n) is 11.7. The van der Waals surface area contributed by atoms with E-state index >= 15 is 0 Å². The highest BCUT2D eigenvalue weighted by Gasteiger charge is 2.35. The molecule has 3 fully saturated rings. The minimum absolute atomic E-state index is 0.169. The zero-order chi connectivity index (χ0) is 40.9. The Kier molecular flexibility index (Phi) is 10.4. The third kappa shape index (κ3) is 7.36. The highest BCUT2D eigenvalue weighted by molar-refractivity contribution is 6.05. The second kappa shape index (κ2) is 15.4. The Bertz CT molecular complexity index is 2460. The summed E-state index contributed by atoms with van der Waals surface area (Å²) in [5.41, 5.74) is 1.27. The molecule has 2 aliphatic heterocycles. The standard InChI is InChI=1S/C40H44F3N9O6/c1-48-35-29(52(39(48)56)30-12-14-34(53)46-38(30)55)11-13-31(57-2)36(35)50-17-15-49(16-18-50)21-23-7-9-25(10-8-23)51-22-24-19-28(32(58-3)20-27(24)47-51)45-37(54)26-5-4-6-33(44-26)40(41,42)43/h4-6,11,13,19-20,22-23,25,30H,7-10,12,14-18,21H2,1-3H3,(H,45,54)(H,46,53,55). The maximum Gasteiger partial charge on any atom is 0.433 e. The number of nitrogens with zero attached hydrogens (tertiary/aromatic N) is 7. The number of nitrogens with one attached hydrogen (secondary N) is 2. The van der Waals surface area contributed by atoms with Crippen LogP contribution in [0.3, 0.4) is 0 Å². The monoisotopic (exact) mass is 803 g/mol. The number of alkyl halides is 3. The lowest BCUT2D eigenvalue weighted by atomic mass is 9.85. The SMILES string of the molecule is COc1cc2nn(C3CCC(CN4CCN(c5c(OC)ccc6c5n(C)c(=O)n6C5CCC(=O)NC5=O)CC4)CC3)cc2cc1NC(=O)c1cccc(C(F)(F)F)n1. The van der Waals surface area contributed by atoms with Gasteiger partial charge in [-0.05, 0) is 68.4 Å². The molecule has 1 saturated carbocycles. The fourth-order valence-corrected chi connectivity index (χ4v) is 8.68. The van der Waals surface area contributed by atoms with Gasteiger partial charge in [-0.3, -0.25) is 38.4 Å². The van der Waals surface area contributed by atoms with Crippen molar-refractivity contribution in [2.45, 2.75) is 56.8 Å². The summed E-state index contributed by atoms with van der Waals surface area (Å²) in [6.45, 7) is 4.08. The van der Waals surface area contributed by atoms with E-state index in [1.807, 2.05) is 16.9 Å². The van der Waals surface area contributed by atoms with Crippen LogP contribution >= 0.6 is 0 Å². The van der Waals surface area contributed by atoms with Crippen molar-refractivity contribution in [1.29, 1.82) is 0 Å². The van der Waals surface area contributed by atoms with Gasteiger partial charge in [0, 0.05) is 63.8 Å². The molecule has 3 aliphatic rings. The van der Waals surface area contributed by atoms with Gasteiger partial charge in [0.1, 0.15) is 34.6 Å². The number of hydrogen-bond acceptors (Lipinski definition) is 10. The highest BCUT2D eigenvalue weighted by Crippen LogP contribution is 2.39. The number of halogens is 3. The Labute approximate surface area is 330 Å². The van der Waals surface area contributed by atoms with Crippen molar-refractivity contribution in [3.8, 4) is 11.5 Å². The van der Waals surface area contributed by atoms with Crippen molar-refractivity contribution in [2.75, 3.05) is 57.2 Å². The molecule has 5 aromatic rings. The molecule has 3 amide bonds. The van der Waals surface area contributed by atoms with Crippen molar-refractivity contribution in [3.05, 3.63) is 70.5 Å². The summed E-state index contributed by atoms with van der Waals surface area (Å²) in [6, 6.07) is 9.65. The number of piperidine rings is 1.